The van der Waals surface area contributed by atoms with E-state index in [0.29, 0.717) is 51.7 Å². The number of primary amides is 1. The van der Waals surface area contributed by atoms with Gasteiger partial charge in [0.1, 0.15) is 11.0 Å². The van der Waals surface area contributed by atoms with Crippen molar-refractivity contribution >= 4 is 29.8 Å². The second kappa shape index (κ2) is 15.4. The lowest BCUT2D eigenvalue weighted by molar-refractivity contribution is -0.161. The molecule has 206 valence electrons. The molecule has 3 fully saturated rings. The SMILES string of the molecule is CCOC(=O)C1(C#N)CCC1.NC(=O)C1(C(=O)O)CCC1.NC1(C(=O)O)CCC1.[C-]#[N+]CC(=O)OCC. The minimum absolute atomic E-state index is 0.159. The molecule has 0 aromatic rings. The van der Waals surface area contributed by atoms with Crippen molar-refractivity contribution in [3.63, 3.8) is 0 Å². The van der Waals surface area contributed by atoms with Gasteiger partial charge in [0.25, 0.3) is 0 Å². The highest BCUT2D eigenvalue weighted by atomic mass is 16.5. The number of amides is 1. The van der Waals surface area contributed by atoms with Crippen molar-refractivity contribution in [3.05, 3.63) is 11.4 Å². The first kappa shape index (κ1) is 33.3. The summed E-state index contributed by atoms with van der Waals surface area (Å²) in [5, 5.41) is 25.6. The van der Waals surface area contributed by atoms with Crippen LogP contribution < -0.4 is 11.5 Å². The topological polar surface area (TPSA) is 224 Å². The minimum atomic E-state index is -1.22. The molecular formula is C24H36N4O9. The highest BCUT2D eigenvalue weighted by Gasteiger charge is 2.50. The number of carbonyl (C=O) groups is 5. The van der Waals surface area contributed by atoms with Gasteiger partial charge in [-0.3, -0.25) is 19.2 Å². The number of hydrogen-bond acceptors (Lipinski definition) is 9. The Labute approximate surface area is 215 Å². The molecule has 3 rings (SSSR count). The first-order valence-electron chi connectivity index (χ1n) is 11.9. The molecule has 0 radical (unpaired) electrons. The number of nitrogens with zero attached hydrogens (tertiary/aromatic N) is 2. The Balaban J connectivity index is 0.000000472. The standard InChI is InChI=1S/C8H11NO2.C6H9NO3.C5H9NO2.C5H7NO2/c1-2-11-7(10)8(6-9)4-3-5-8;7-4(8)6(5(9)10)2-1-3-6;6-5(4(7)8)2-1-3-5;1-3-8-5(7)4-6-2/h2-5H2,1H3;1-3H2,(H2,7,8)(H,9,10);1-3,6H2,(H,7,8);3-4H2,1H3. The van der Waals surface area contributed by atoms with E-state index in [0.717, 1.165) is 19.3 Å². The van der Waals surface area contributed by atoms with Gasteiger partial charge in [-0.15, -0.1) is 0 Å². The third-order valence-electron chi connectivity index (χ3n) is 6.36. The molecule has 13 heteroatoms. The van der Waals surface area contributed by atoms with Gasteiger partial charge in [-0.1, -0.05) is 6.42 Å². The van der Waals surface area contributed by atoms with Crippen LogP contribution >= 0.6 is 0 Å². The molecule has 0 bridgehead atoms. The molecule has 0 spiro atoms. The summed E-state index contributed by atoms with van der Waals surface area (Å²) in [6, 6.07) is 2.02. The number of esters is 2. The minimum Gasteiger partial charge on any atom is -0.480 e. The Bertz CT molecular complexity index is 892. The van der Waals surface area contributed by atoms with E-state index in [1.165, 1.54) is 0 Å². The van der Waals surface area contributed by atoms with Crippen molar-refractivity contribution in [1.82, 2.24) is 0 Å². The second-order valence-corrected chi connectivity index (χ2v) is 8.81. The number of carboxylic acids is 2. The molecule has 0 aliphatic heterocycles. The summed E-state index contributed by atoms with van der Waals surface area (Å²) in [5.41, 5.74) is 7.39. The maximum Gasteiger partial charge on any atom is 0.387 e. The molecule has 0 aromatic heterocycles. The fraction of sp³-hybridized carbons (Fsp3) is 0.708. The number of rotatable bonds is 7. The van der Waals surface area contributed by atoms with E-state index in [1.807, 2.05) is 6.07 Å². The van der Waals surface area contributed by atoms with Crippen LogP contribution in [0.4, 0.5) is 0 Å². The van der Waals surface area contributed by atoms with E-state index >= 15 is 0 Å². The van der Waals surface area contributed by atoms with Crippen LogP contribution in [0.1, 0.15) is 71.6 Å². The summed E-state index contributed by atoms with van der Waals surface area (Å²) in [5.74, 6) is -3.42. The second-order valence-electron chi connectivity index (χ2n) is 8.81. The predicted octanol–water partition coefficient (Wildman–Crippen LogP) is 1.39. The average molecular weight is 525 g/mol. The normalized spacial score (nSPS) is 18.4. The lowest BCUT2D eigenvalue weighted by atomic mass is 9.68. The zero-order chi connectivity index (χ0) is 28.7. The molecule has 13 nitrogen and oxygen atoms in total. The van der Waals surface area contributed by atoms with Gasteiger partial charge in [-0.05, 0) is 65.2 Å². The molecule has 0 unspecified atom stereocenters. The molecule has 37 heavy (non-hydrogen) atoms. The Morgan fingerprint density at radius 1 is 0.919 bits per heavy atom. The molecule has 3 aliphatic rings. The van der Waals surface area contributed by atoms with Gasteiger partial charge >= 0.3 is 30.4 Å². The maximum atomic E-state index is 11.1. The molecule has 3 saturated carbocycles. The van der Waals surface area contributed by atoms with Crippen molar-refractivity contribution in [1.29, 1.82) is 5.26 Å². The third kappa shape index (κ3) is 9.35. The first-order valence-corrected chi connectivity index (χ1v) is 11.9. The van der Waals surface area contributed by atoms with Crippen LogP contribution in [0.15, 0.2) is 0 Å². The number of hydrogen-bond donors (Lipinski definition) is 4. The van der Waals surface area contributed by atoms with Gasteiger partial charge in [0.2, 0.25) is 5.91 Å². The summed E-state index contributed by atoms with van der Waals surface area (Å²) in [6.07, 6.45) is 6.13. The molecule has 1 amide bonds. The summed E-state index contributed by atoms with van der Waals surface area (Å²) < 4.78 is 9.21. The fourth-order valence-corrected chi connectivity index (χ4v) is 3.30. The van der Waals surface area contributed by atoms with E-state index in [-0.39, 0.29) is 12.5 Å². The van der Waals surface area contributed by atoms with Crippen LogP contribution in [0, 0.1) is 28.7 Å². The van der Waals surface area contributed by atoms with Gasteiger partial charge in [0.15, 0.2) is 5.41 Å². The molecule has 3 aliphatic carbocycles. The quantitative estimate of drug-likeness (QED) is 0.211. The van der Waals surface area contributed by atoms with Crippen LogP contribution in [-0.2, 0) is 33.4 Å². The van der Waals surface area contributed by atoms with Crippen LogP contribution in [0.3, 0.4) is 0 Å². The van der Waals surface area contributed by atoms with Gasteiger partial charge in [-0.25, -0.2) is 11.4 Å². The summed E-state index contributed by atoms with van der Waals surface area (Å²) in [6.45, 7) is 10.3. The fourth-order valence-electron chi connectivity index (χ4n) is 3.30. The Hall–Kier alpha value is -3.71. The van der Waals surface area contributed by atoms with Crippen LogP contribution in [-0.4, -0.2) is 65.3 Å². The summed E-state index contributed by atoms with van der Waals surface area (Å²) >= 11 is 0. The highest BCUT2D eigenvalue weighted by Crippen LogP contribution is 2.41. The maximum absolute atomic E-state index is 11.1. The molecule has 6 N–H and O–H groups in total. The average Bonchev–Trinajstić information content (AvgIpc) is 2.72. The van der Waals surface area contributed by atoms with E-state index in [4.69, 9.17) is 38.3 Å². The third-order valence-corrected chi connectivity index (χ3v) is 6.36. The van der Waals surface area contributed by atoms with Gasteiger partial charge in [0, 0.05) is 0 Å². The number of ether oxygens (including phenoxy) is 2. The monoisotopic (exact) mass is 524 g/mol. The van der Waals surface area contributed by atoms with Crippen molar-refractivity contribution in [3.8, 4) is 6.07 Å². The van der Waals surface area contributed by atoms with E-state index in [9.17, 15) is 24.0 Å². The van der Waals surface area contributed by atoms with E-state index < -0.39 is 40.2 Å². The van der Waals surface area contributed by atoms with E-state index in [1.54, 1.807) is 13.8 Å². The number of nitriles is 1. The number of carbonyl (C=O) groups excluding carboxylic acids is 3. The lowest BCUT2D eigenvalue weighted by Crippen LogP contribution is -2.53. The van der Waals surface area contributed by atoms with Crippen molar-refractivity contribution in [2.45, 2.75) is 77.2 Å². The first-order chi connectivity index (χ1) is 17.3. The smallest absolute Gasteiger partial charge is 0.387 e. The largest absolute Gasteiger partial charge is 0.480 e. The van der Waals surface area contributed by atoms with Gasteiger partial charge < -0.3 is 36.0 Å². The molecular weight excluding hydrogens is 488 g/mol. The zero-order valence-electron chi connectivity index (χ0n) is 21.3. The Kier molecular flexibility index (Phi) is 13.9. The molecule has 0 heterocycles. The lowest BCUT2D eigenvalue weighted by Gasteiger charge is -2.33. The number of carboxylic acid groups (broad SMARTS) is 2. The van der Waals surface area contributed by atoms with Crippen molar-refractivity contribution in [2.75, 3.05) is 19.8 Å². The molecule has 0 aromatic carbocycles. The Morgan fingerprint density at radius 3 is 1.57 bits per heavy atom. The van der Waals surface area contributed by atoms with E-state index in [2.05, 4.69) is 9.58 Å². The Morgan fingerprint density at radius 2 is 1.41 bits per heavy atom. The van der Waals surface area contributed by atoms with Crippen molar-refractivity contribution in [2.24, 2.45) is 22.3 Å². The van der Waals surface area contributed by atoms with Crippen LogP contribution in [0.2, 0.25) is 0 Å². The molecule has 0 atom stereocenters. The predicted molar refractivity (Wildman–Crippen MR) is 128 cm³/mol. The number of aliphatic carboxylic acids is 2. The summed E-state index contributed by atoms with van der Waals surface area (Å²) in [7, 11) is 0. The van der Waals surface area contributed by atoms with Crippen LogP contribution in [0.25, 0.3) is 4.85 Å². The van der Waals surface area contributed by atoms with Gasteiger partial charge in [-0.2, -0.15) is 5.26 Å². The zero-order valence-corrected chi connectivity index (χ0v) is 21.3. The molecule has 0 saturated heterocycles. The summed E-state index contributed by atoms with van der Waals surface area (Å²) in [4.78, 5) is 55.4. The van der Waals surface area contributed by atoms with Crippen LogP contribution in [0.5, 0.6) is 0 Å². The highest BCUT2D eigenvalue weighted by molar-refractivity contribution is 6.02. The number of nitrogens with two attached hydrogens (primary N) is 2. The van der Waals surface area contributed by atoms with Gasteiger partial charge in [0.05, 0.1) is 19.3 Å². The van der Waals surface area contributed by atoms with Crippen molar-refractivity contribution < 1.29 is 43.7 Å².